The molecule has 0 aliphatic heterocycles. The molecule has 12 heavy (non-hydrogen) atoms. The molecule has 0 radical (unpaired) electrons. The van der Waals surface area contributed by atoms with E-state index in [4.69, 9.17) is 0 Å². The van der Waals surface area contributed by atoms with Crippen molar-refractivity contribution in [1.29, 1.82) is 0 Å². The van der Waals surface area contributed by atoms with E-state index >= 15 is 0 Å². The summed E-state index contributed by atoms with van der Waals surface area (Å²) in [7, 11) is 0. The van der Waals surface area contributed by atoms with Crippen LogP contribution in [-0.4, -0.2) is 25.5 Å². The van der Waals surface area contributed by atoms with Crippen LogP contribution < -0.4 is 10.6 Å². The predicted molar refractivity (Wildman–Crippen MR) is 51.0 cm³/mol. The van der Waals surface area contributed by atoms with Crippen molar-refractivity contribution >= 4 is 5.91 Å². The Morgan fingerprint density at radius 2 is 2.08 bits per heavy atom. The fourth-order valence-electron chi connectivity index (χ4n) is 0.735. The van der Waals surface area contributed by atoms with E-state index in [-0.39, 0.29) is 5.91 Å². The molecule has 0 fully saturated rings. The van der Waals surface area contributed by atoms with Gasteiger partial charge in [0.25, 0.3) is 0 Å². The normalized spacial score (nSPS) is 10.5. The van der Waals surface area contributed by atoms with Crippen LogP contribution in [0.2, 0.25) is 0 Å². The lowest BCUT2D eigenvalue weighted by molar-refractivity contribution is -0.116. The van der Waals surface area contributed by atoms with Gasteiger partial charge in [-0.3, -0.25) is 4.79 Å². The first kappa shape index (κ1) is 11.2. The second kappa shape index (κ2) is 8.27. The summed E-state index contributed by atoms with van der Waals surface area (Å²) >= 11 is 0. The molecule has 2 N–H and O–H groups in total. The Morgan fingerprint density at radius 3 is 2.67 bits per heavy atom. The van der Waals surface area contributed by atoms with Crippen LogP contribution in [0.15, 0.2) is 12.2 Å². The Hall–Kier alpha value is -0.830. The number of rotatable bonds is 6. The van der Waals surface area contributed by atoms with Gasteiger partial charge in [0, 0.05) is 13.1 Å². The Kier molecular flexibility index (Phi) is 7.70. The zero-order chi connectivity index (χ0) is 9.23. The van der Waals surface area contributed by atoms with Gasteiger partial charge in [0.15, 0.2) is 0 Å². The Balaban J connectivity index is 3.25. The quantitative estimate of drug-likeness (QED) is 0.454. The molecule has 0 saturated heterocycles. The molecule has 1 amide bonds. The lowest BCUT2D eigenvalue weighted by Gasteiger charge is -2.01. The average Bonchev–Trinajstić information content (AvgIpc) is 2.09. The molecular weight excluding hydrogens is 152 g/mol. The fraction of sp³-hybridized carbons (Fsp3) is 0.667. The number of hydrogen-bond acceptors (Lipinski definition) is 2. The van der Waals surface area contributed by atoms with Gasteiger partial charge in [-0.25, -0.2) is 0 Å². The van der Waals surface area contributed by atoms with Gasteiger partial charge in [0.05, 0.1) is 0 Å². The van der Waals surface area contributed by atoms with Crippen molar-refractivity contribution in [3.05, 3.63) is 12.2 Å². The second-order valence-corrected chi connectivity index (χ2v) is 2.46. The van der Waals surface area contributed by atoms with Crippen LogP contribution in [0.3, 0.4) is 0 Å². The van der Waals surface area contributed by atoms with Gasteiger partial charge in [-0.2, -0.15) is 0 Å². The number of carbonyl (C=O) groups excluding carboxylic acids is 1. The van der Waals surface area contributed by atoms with Crippen molar-refractivity contribution in [2.45, 2.75) is 20.3 Å². The van der Waals surface area contributed by atoms with Crippen molar-refractivity contribution in [2.24, 2.45) is 0 Å². The molecule has 0 unspecified atom stereocenters. The molecule has 3 nitrogen and oxygen atoms in total. The van der Waals surface area contributed by atoms with Crippen molar-refractivity contribution in [1.82, 2.24) is 10.6 Å². The third kappa shape index (κ3) is 7.28. The second-order valence-electron chi connectivity index (χ2n) is 2.46. The minimum atomic E-state index is -0.00486. The van der Waals surface area contributed by atoms with Gasteiger partial charge in [-0.05, 0) is 19.0 Å². The molecule has 0 spiro atoms. The maximum atomic E-state index is 10.9. The number of allylic oxidation sites excluding steroid dienone is 1. The average molecular weight is 170 g/mol. The predicted octanol–water partition coefficient (Wildman–Crippen LogP) is 0.678. The van der Waals surface area contributed by atoms with Gasteiger partial charge in [0.2, 0.25) is 5.91 Å². The van der Waals surface area contributed by atoms with E-state index in [2.05, 4.69) is 10.6 Å². The fourth-order valence-corrected chi connectivity index (χ4v) is 0.735. The van der Waals surface area contributed by atoms with Gasteiger partial charge in [-0.15, -0.1) is 0 Å². The van der Waals surface area contributed by atoms with Crippen LogP contribution in [-0.2, 0) is 4.79 Å². The number of hydrogen-bond donors (Lipinski definition) is 2. The Bertz CT molecular complexity index is 143. The molecule has 70 valence electrons. The van der Waals surface area contributed by atoms with Crippen LogP contribution in [0.1, 0.15) is 20.3 Å². The smallest absolute Gasteiger partial charge is 0.243 e. The first-order chi connectivity index (χ1) is 5.81. The molecule has 0 aromatic rings. The number of amides is 1. The molecule has 0 aromatic heterocycles. The largest absolute Gasteiger partial charge is 0.351 e. The van der Waals surface area contributed by atoms with Crippen molar-refractivity contribution < 1.29 is 4.79 Å². The summed E-state index contributed by atoms with van der Waals surface area (Å²) in [5, 5.41) is 5.88. The van der Waals surface area contributed by atoms with Crippen molar-refractivity contribution in [3.63, 3.8) is 0 Å². The van der Waals surface area contributed by atoms with Gasteiger partial charge in [0.1, 0.15) is 0 Å². The molecule has 0 aromatic carbocycles. The highest BCUT2D eigenvalue weighted by Gasteiger charge is 1.91. The zero-order valence-corrected chi connectivity index (χ0v) is 7.89. The third-order valence-electron chi connectivity index (χ3n) is 1.36. The van der Waals surface area contributed by atoms with Gasteiger partial charge >= 0.3 is 0 Å². The molecular formula is C9H18N2O. The van der Waals surface area contributed by atoms with E-state index in [0.717, 1.165) is 19.5 Å². The Morgan fingerprint density at radius 1 is 1.33 bits per heavy atom. The SMILES string of the molecule is CCC=CC(=O)NCCNCC. The highest BCUT2D eigenvalue weighted by molar-refractivity contribution is 5.87. The minimum Gasteiger partial charge on any atom is -0.351 e. The van der Waals surface area contributed by atoms with Crippen LogP contribution in [0, 0.1) is 0 Å². The summed E-state index contributed by atoms with van der Waals surface area (Å²) in [6.45, 7) is 6.52. The van der Waals surface area contributed by atoms with E-state index in [1.807, 2.05) is 19.9 Å². The van der Waals surface area contributed by atoms with Crippen LogP contribution in [0.5, 0.6) is 0 Å². The highest BCUT2D eigenvalue weighted by atomic mass is 16.1. The van der Waals surface area contributed by atoms with Gasteiger partial charge in [-0.1, -0.05) is 19.9 Å². The number of carbonyl (C=O) groups is 1. The molecule has 0 rings (SSSR count). The summed E-state index contributed by atoms with van der Waals surface area (Å²) in [4.78, 5) is 10.9. The lowest BCUT2D eigenvalue weighted by atomic mass is 10.4. The van der Waals surface area contributed by atoms with E-state index in [0.29, 0.717) is 6.54 Å². The maximum Gasteiger partial charge on any atom is 0.243 e. The first-order valence-electron chi connectivity index (χ1n) is 4.46. The lowest BCUT2D eigenvalue weighted by Crippen LogP contribution is -2.30. The molecule has 3 heteroatoms. The van der Waals surface area contributed by atoms with Crippen LogP contribution in [0.25, 0.3) is 0 Å². The zero-order valence-electron chi connectivity index (χ0n) is 7.89. The van der Waals surface area contributed by atoms with Crippen LogP contribution >= 0.6 is 0 Å². The summed E-state index contributed by atoms with van der Waals surface area (Å²) in [6, 6.07) is 0. The van der Waals surface area contributed by atoms with Crippen molar-refractivity contribution in [3.8, 4) is 0 Å². The minimum absolute atomic E-state index is 0.00486. The Labute approximate surface area is 74.2 Å². The van der Waals surface area contributed by atoms with E-state index < -0.39 is 0 Å². The molecule has 0 aliphatic carbocycles. The standard InChI is InChI=1S/C9H18N2O/c1-3-5-6-9(12)11-8-7-10-4-2/h5-6,10H,3-4,7-8H2,1-2H3,(H,11,12). The number of likely N-dealkylation sites (N-methyl/N-ethyl adjacent to an activating group) is 1. The summed E-state index contributed by atoms with van der Waals surface area (Å²) in [5.74, 6) is -0.00486. The monoisotopic (exact) mass is 170 g/mol. The molecule has 0 heterocycles. The van der Waals surface area contributed by atoms with E-state index in [1.54, 1.807) is 6.08 Å². The van der Waals surface area contributed by atoms with Crippen LogP contribution in [0.4, 0.5) is 0 Å². The van der Waals surface area contributed by atoms with Crippen molar-refractivity contribution in [2.75, 3.05) is 19.6 Å². The first-order valence-corrected chi connectivity index (χ1v) is 4.46. The summed E-state index contributed by atoms with van der Waals surface area (Å²) < 4.78 is 0. The third-order valence-corrected chi connectivity index (χ3v) is 1.36. The maximum absolute atomic E-state index is 10.9. The summed E-state index contributed by atoms with van der Waals surface area (Å²) in [5.41, 5.74) is 0. The molecule has 0 aliphatic rings. The van der Waals surface area contributed by atoms with E-state index in [9.17, 15) is 4.79 Å². The summed E-state index contributed by atoms with van der Waals surface area (Å²) in [6.07, 6.45) is 4.33. The molecule has 0 bridgehead atoms. The number of nitrogens with one attached hydrogen (secondary N) is 2. The van der Waals surface area contributed by atoms with E-state index in [1.165, 1.54) is 0 Å². The molecule has 0 atom stereocenters. The topological polar surface area (TPSA) is 41.1 Å². The highest BCUT2D eigenvalue weighted by Crippen LogP contribution is 1.78. The van der Waals surface area contributed by atoms with Gasteiger partial charge < -0.3 is 10.6 Å². The molecule has 0 saturated carbocycles.